The van der Waals surface area contributed by atoms with Crippen LogP contribution >= 0.6 is 0 Å². The quantitative estimate of drug-likeness (QED) is 0.247. The molecule has 140 valence electrons. The zero-order valence-electron chi connectivity index (χ0n) is 16.5. The number of hydrogen-bond acceptors (Lipinski definition) is 0. The molecule has 0 nitrogen and oxygen atoms in total. The monoisotopic (exact) mass is 380 g/mol. The van der Waals surface area contributed by atoms with E-state index in [9.17, 15) is 0 Å². The molecule has 0 saturated carbocycles. The highest BCUT2D eigenvalue weighted by atomic mass is 14.1. The van der Waals surface area contributed by atoms with E-state index < -0.39 is 0 Å². The molecule has 6 aromatic carbocycles. The fourth-order valence-electron chi connectivity index (χ4n) is 4.76. The van der Waals surface area contributed by atoms with Crippen molar-refractivity contribution in [1.82, 2.24) is 0 Å². The van der Waals surface area contributed by atoms with Crippen LogP contribution in [0.4, 0.5) is 0 Å². The van der Waals surface area contributed by atoms with E-state index >= 15 is 0 Å². The van der Waals surface area contributed by atoms with E-state index in [1.165, 1.54) is 53.9 Å². The molecule has 0 unspecified atom stereocenters. The Morgan fingerprint density at radius 3 is 0.367 bits per heavy atom. The van der Waals surface area contributed by atoms with Gasteiger partial charge in [-0.05, 0) is 53.9 Å². The summed E-state index contributed by atoms with van der Waals surface area (Å²) in [7, 11) is 0. The third-order valence-electron chi connectivity index (χ3n) is 6.09. The van der Waals surface area contributed by atoms with Gasteiger partial charge < -0.3 is 0 Å². The predicted molar refractivity (Wildman–Crippen MR) is 132 cm³/mol. The Labute approximate surface area is 175 Å². The molecule has 0 N–H and O–H groups in total. The molecule has 0 saturated heterocycles. The summed E-state index contributed by atoms with van der Waals surface area (Å²) in [6, 6.07) is 43.9. The summed E-state index contributed by atoms with van der Waals surface area (Å²) in [5, 5.41) is 12.7. The van der Waals surface area contributed by atoms with Gasteiger partial charge in [0.05, 0.1) is 0 Å². The van der Waals surface area contributed by atoms with Crippen LogP contribution < -0.4 is 0 Å². The van der Waals surface area contributed by atoms with Crippen LogP contribution in [0.1, 0.15) is 0 Å². The van der Waals surface area contributed by atoms with Gasteiger partial charge in [0.15, 0.2) is 0 Å². The van der Waals surface area contributed by atoms with E-state index in [0.29, 0.717) is 0 Å². The van der Waals surface area contributed by atoms with Crippen molar-refractivity contribution >= 4 is 53.9 Å². The second-order valence-corrected chi connectivity index (χ2v) is 7.73. The van der Waals surface area contributed by atoms with Crippen LogP contribution in [0.3, 0.4) is 0 Å². The van der Waals surface area contributed by atoms with Crippen LogP contribution in [0, 0.1) is 0 Å². The van der Waals surface area contributed by atoms with Crippen molar-refractivity contribution in [2.75, 3.05) is 0 Å². The summed E-state index contributed by atoms with van der Waals surface area (Å²) in [6.45, 7) is 0. The first-order valence-electron chi connectivity index (χ1n) is 10.4. The maximum absolute atomic E-state index is 2.25. The summed E-state index contributed by atoms with van der Waals surface area (Å²) in [6.07, 6.45) is 0. The van der Waals surface area contributed by atoms with Crippen molar-refractivity contribution < 1.29 is 0 Å². The Hall–Kier alpha value is -3.90. The van der Waals surface area contributed by atoms with Gasteiger partial charge in [0.2, 0.25) is 0 Å². The van der Waals surface area contributed by atoms with Crippen molar-refractivity contribution in [1.29, 1.82) is 0 Å². The average Bonchev–Trinajstić information content (AvgIpc) is 2.84. The van der Waals surface area contributed by atoms with Gasteiger partial charge in [-0.1, -0.05) is 121 Å². The molecule has 0 amide bonds. The Morgan fingerprint density at radius 2 is 0.267 bits per heavy atom. The lowest BCUT2D eigenvalue weighted by Gasteiger charge is -2.09. The first-order valence-corrected chi connectivity index (χ1v) is 10.4. The molecule has 6 aromatic rings. The highest BCUT2D eigenvalue weighted by Gasteiger charge is 2.07. The van der Waals surface area contributed by atoms with Gasteiger partial charge in [-0.15, -0.1) is 0 Å². The smallest absolute Gasteiger partial charge is 0.00990 e. The zero-order valence-corrected chi connectivity index (χ0v) is 16.5. The van der Waals surface area contributed by atoms with Crippen molar-refractivity contribution in [3.8, 4) is 0 Å². The Kier molecular flexibility index (Phi) is 3.89. The van der Waals surface area contributed by atoms with Gasteiger partial charge in [0.1, 0.15) is 0 Å². The minimum atomic E-state index is 1.27. The molecule has 0 heterocycles. The molecule has 0 bridgehead atoms. The molecule has 0 aliphatic heterocycles. The molecule has 6 rings (SSSR count). The molecule has 30 heavy (non-hydrogen) atoms. The molecule has 0 fully saturated rings. The van der Waals surface area contributed by atoms with Gasteiger partial charge in [0, 0.05) is 0 Å². The normalized spacial score (nSPS) is 11.3. The average molecular weight is 380 g/mol. The van der Waals surface area contributed by atoms with Crippen LogP contribution in [0.15, 0.2) is 121 Å². The van der Waals surface area contributed by atoms with E-state index in [4.69, 9.17) is 0 Å². The number of rotatable bonds is 0. The third kappa shape index (κ3) is 2.54. The first kappa shape index (κ1) is 17.0. The molecule has 0 atom stereocenters. The molecular formula is C30H20. The highest BCUT2D eigenvalue weighted by Crippen LogP contribution is 2.35. The summed E-state index contributed by atoms with van der Waals surface area (Å²) >= 11 is 0. The molecule has 0 heteroatoms. The molecule has 0 aliphatic rings. The second kappa shape index (κ2) is 6.86. The Bertz CT molecular complexity index is 1180. The standard InChI is InChI=1S/C30H20/c1-2-12-22-21(11-1)23-13-3-4-15-25(23)27-17-7-8-19-29(27)30-20-10-9-18-28(30)26-16-6-5-14-24(22)26/h1-20H. The van der Waals surface area contributed by atoms with Crippen LogP contribution in [0.25, 0.3) is 53.9 Å². The summed E-state index contributed by atoms with van der Waals surface area (Å²) in [5.41, 5.74) is 0. The fraction of sp³-hybridized carbons (Fsp3) is 0. The van der Waals surface area contributed by atoms with Crippen molar-refractivity contribution in [3.63, 3.8) is 0 Å². The van der Waals surface area contributed by atoms with Crippen molar-refractivity contribution in [2.24, 2.45) is 0 Å². The summed E-state index contributed by atoms with van der Waals surface area (Å²) in [4.78, 5) is 0. The maximum atomic E-state index is 2.25. The van der Waals surface area contributed by atoms with Crippen LogP contribution in [-0.2, 0) is 0 Å². The van der Waals surface area contributed by atoms with Crippen LogP contribution in [0.5, 0.6) is 0 Å². The lowest BCUT2D eigenvalue weighted by molar-refractivity contribution is 1.77. The van der Waals surface area contributed by atoms with Gasteiger partial charge in [-0.3, -0.25) is 0 Å². The highest BCUT2D eigenvalue weighted by molar-refractivity contribution is 6.25. The van der Waals surface area contributed by atoms with Crippen molar-refractivity contribution in [3.05, 3.63) is 121 Å². The van der Waals surface area contributed by atoms with Crippen molar-refractivity contribution in [2.45, 2.75) is 0 Å². The van der Waals surface area contributed by atoms with E-state index in [2.05, 4.69) is 121 Å². The van der Waals surface area contributed by atoms with Gasteiger partial charge in [-0.25, -0.2) is 0 Å². The number of hydrogen-bond donors (Lipinski definition) is 0. The Morgan fingerprint density at radius 1 is 0.167 bits per heavy atom. The van der Waals surface area contributed by atoms with Gasteiger partial charge >= 0.3 is 0 Å². The van der Waals surface area contributed by atoms with E-state index in [0.717, 1.165) is 0 Å². The third-order valence-corrected chi connectivity index (χ3v) is 6.09. The molecular weight excluding hydrogens is 360 g/mol. The number of benzene rings is 5. The lowest BCUT2D eigenvalue weighted by Crippen LogP contribution is -1.81. The van der Waals surface area contributed by atoms with Gasteiger partial charge in [-0.2, -0.15) is 0 Å². The zero-order chi connectivity index (χ0) is 19.9. The minimum absolute atomic E-state index is 1.27. The first-order chi connectivity index (χ1) is 14.9. The predicted octanol–water partition coefficient (Wildman–Crippen LogP) is 8.58. The van der Waals surface area contributed by atoms with Gasteiger partial charge in [0.25, 0.3) is 0 Å². The van der Waals surface area contributed by atoms with E-state index in [-0.39, 0.29) is 0 Å². The van der Waals surface area contributed by atoms with E-state index in [1.54, 1.807) is 0 Å². The molecule has 0 aliphatic carbocycles. The second-order valence-electron chi connectivity index (χ2n) is 7.73. The molecule has 0 aromatic heterocycles. The number of fused-ring (bicyclic) bond motifs is 10. The fourth-order valence-corrected chi connectivity index (χ4v) is 4.76. The summed E-state index contributed by atoms with van der Waals surface area (Å²) in [5.74, 6) is 0. The van der Waals surface area contributed by atoms with E-state index in [1.807, 2.05) is 0 Å². The summed E-state index contributed by atoms with van der Waals surface area (Å²) < 4.78 is 0. The van der Waals surface area contributed by atoms with Crippen LogP contribution in [0.2, 0.25) is 0 Å². The maximum Gasteiger partial charge on any atom is -0.00990 e. The van der Waals surface area contributed by atoms with Crippen LogP contribution in [-0.4, -0.2) is 0 Å². The molecule has 0 radical (unpaired) electrons. The SMILES string of the molecule is c1ccc2c(c1)c1ccccc1c1ccccc1c1ccccc1c1ccccc21. The Balaban J connectivity index is 2.14. The topological polar surface area (TPSA) is 0 Å². The minimum Gasteiger partial charge on any atom is -0.0616 e. The molecule has 0 spiro atoms. The lowest BCUT2D eigenvalue weighted by atomic mass is 9.95. The largest absolute Gasteiger partial charge is 0.0616 e.